The van der Waals surface area contributed by atoms with Crippen molar-refractivity contribution in [3.8, 4) is 5.75 Å². The predicted octanol–water partition coefficient (Wildman–Crippen LogP) is 1.51. The van der Waals surface area contributed by atoms with Gasteiger partial charge in [-0.3, -0.25) is 19.8 Å². The topological polar surface area (TPSA) is 95.7 Å². The second-order valence-corrected chi connectivity index (χ2v) is 5.23. The number of nitro groups is 1. The van der Waals surface area contributed by atoms with E-state index in [4.69, 9.17) is 0 Å². The quantitative estimate of drug-likeness (QED) is 0.634. The number of carbonyl (C=O) groups excluding carboxylic acids is 1. The van der Waals surface area contributed by atoms with Crippen molar-refractivity contribution in [1.29, 1.82) is 0 Å². The number of phenols is 1. The summed E-state index contributed by atoms with van der Waals surface area (Å²) in [7, 11) is 0. The smallest absolute Gasteiger partial charge is 0.311 e. The summed E-state index contributed by atoms with van der Waals surface area (Å²) >= 11 is 0. The van der Waals surface area contributed by atoms with Gasteiger partial charge in [-0.2, -0.15) is 0 Å². The molecule has 1 amide bonds. The number of carbonyl (C=O) groups is 1. The molecule has 21 heavy (non-hydrogen) atoms. The number of amides is 1. The molecule has 2 N–H and O–H groups in total. The summed E-state index contributed by atoms with van der Waals surface area (Å²) < 4.78 is 0. The van der Waals surface area contributed by atoms with E-state index in [1.54, 1.807) is 0 Å². The van der Waals surface area contributed by atoms with Crippen LogP contribution in [0.25, 0.3) is 0 Å². The molecule has 0 spiro atoms. The van der Waals surface area contributed by atoms with E-state index in [0.29, 0.717) is 6.54 Å². The van der Waals surface area contributed by atoms with Crippen molar-refractivity contribution in [2.24, 2.45) is 0 Å². The normalized spacial score (nSPS) is 16.6. The number of rotatable bonds is 5. The molecule has 1 saturated heterocycles. The van der Waals surface area contributed by atoms with E-state index in [1.807, 2.05) is 6.92 Å². The standard InChI is InChI=1S/C14H19N3O4/c1-10(16-7-2-3-8-16)9-15-14(19)11-5-4-6-12(13(11)18)17(20)21/h4-6,10,18H,2-3,7-9H2,1H3,(H,15,19). The fraction of sp³-hybridized carbons (Fsp3) is 0.500. The lowest BCUT2D eigenvalue weighted by Crippen LogP contribution is -2.40. The van der Waals surface area contributed by atoms with Crippen LogP contribution in [-0.4, -0.2) is 46.5 Å². The molecule has 0 aliphatic carbocycles. The van der Waals surface area contributed by atoms with Crippen LogP contribution >= 0.6 is 0 Å². The molecule has 7 heteroatoms. The molecule has 1 atom stereocenters. The van der Waals surface area contributed by atoms with Crippen molar-refractivity contribution < 1.29 is 14.8 Å². The van der Waals surface area contributed by atoms with Gasteiger partial charge in [0.1, 0.15) is 0 Å². The highest BCUT2D eigenvalue weighted by Gasteiger charge is 2.22. The number of nitrogens with one attached hydrogen (secondary N) is 1. The highest BCUT2D eigenvalue weighted by Crippen LogP contribution is 2.29. The summed E-state index contributed by atoms with van der Waals surface area (Å²) in [5.41, 5.74) is -0.534. The third kappa shape index (κ3) is 3.49. The van der Waals surface area contributed by atoms with Gasteiger partial charge in [0.2, 0.25) is 5.75 Å². The second-order valence-electron chi connectivity index (χ2n) is 5.23. The third-order valence-corrected chi connectivity index (χ3v) is 3.78. The monoisotopic (exact) mass is 293 g/mol. The van der Waals surface area contributed by atoms with E-state index < -0.39 is 22.3 Å². The van der Waals surface area contributed by atoms with E-state index >= 15 is 0 Å². The Hall–Kier alpha value is -2.15. The van der Waals surface area contributed by atoms with Crippen molar-refractivity contribution in [3.63, 3.8) is 0 Å². The molecule has 1 fully saturated rings. The number of hydrogen-bond donors (Lipinski definition) is 2. The SMILES string of the molecule is CC(CNC(=O)c1cccc([N+](=O)[O-])c1O)N1CCCC1. The molecule has 114 valence electrons. The Morgan fingerprint density at radius 1 is 1.48 bits per heavy atom. The van der Waals surface area contributed by atoms with Crippen LogP contribution in [0.1, 0.15) is 30.1 Å². The minimum absolute atomic E-state index is 0.0715. The Morgan fingerprint density at radius 3 is 2.76 bits per heavy atom. The maximum absolute atomic E-state index is 12.0. The Balaban J connectivity index is 2.00. The molecule has 0 bridgehead atoms. The van der Waals surface area contributed by atoms with E-state index in [9.17, 15) is 20.0 Å². The van der Waals surface area contributed by atoms with Crippen LogP contribution in [-0.2, 0) is 0 Å². The van der Waals surface area contributed by atoms with Gasteiger partial charge >= 0.3 is 5.69 Å². The molecule has 1 aliphatic rings. The first-order valence-electron chi connectivity index (χ1n) is 6.99. The summed E-state index contributed by atoms with van der Waals surface area (Å²) in [6.45, 7) is 4.53. The van der Waals surface area contributed by atoms with Crippen LogP contribution in [0, 0.1) is 10.1 Å². The van der Waals surface area contributed by atoms with Crippen LogP contribution in [0.3, 0.4) is 0 Å². The number of phenolic OH excluding ortho intramolecular Hbond substituents is 1. The van der Waals surface area contributed by atoms with Crippen molar-refractivity contribution in [2.75, 3.05) is 19.6 Å². The van der Waals surface area contributed by atoms with E-state index in [1.165, 1.54) is 31.0 Å². The maximum Gasteiger partial charge on any atom is 0.311 e. The average Bonchev–Trinajstić information content (AvgIpc) is 2.98. The Labute approximate surface area is 122 Å². The van der Waals surface area contributed by atoms with Crippen LogP contribution in [0.15, 0.2) is 18.2 Å². The first-order chi connectivity index (χ1) is 10.0. The minimum Gasteiger partial charge on any atom is -0.502 e. The number of benzene rings is 1. The Morgan fingerprint density at radius 2 is 2.14 bits per heavy atom. The fourth-order valence-corrected chi connectivity index (χ4v) is 2.51. The molecule has 0 saturated carbocycles. The van der Waals surface area contributed by atoms with Gasteiger partial charge in [-0.1, -0.05) is 6.07 Å². The summed E-state index contributed by atoms with van der Waals surface area (Å²) in [6, 6.07) is 4.13. The van der Waals surface area contributed by atoms with Crippen LogP contribution < -0.4 is 5.32 Å². The van der Waals surface area contributed by atoms with Crippen molar-refractivity contribution in [2.45, 2.75) is 25.8 Å². The average molecular weight is 293 g/mol. The van der Waals surface area contributed by atoms with Crippen LogP contribution in [0.4, 0.5) is 5.69 Å². The highest BCUT2D eigenvalue weighted by molar-refractivity contribution is 5.98. The van der Waals surface area contributed by atoms with Crippen LogP contribution in [0.2, 0.25) is 0 Å². The first-order valence-corrected chi connectivity index (χ1v) is 6.99. The molecular weight excluding hydrogens is 274 g/mol. The largest absolute Gasteiger partial charge is 0.502 e. The van der Waals surface area contributed by atoms with Gasteiger partial charge in [-0.25, -0.2) is 0 Å². The summed E-state index contributed by atoms with van der Waals surface area (Å²) in [6.07, 6.45) is 2.34. The molecule has 7 nitrogen and oxygen atoms in total. The molecule has 1 heterocycles. The van der Waals surface area contributed by atoms with Crippen LogP contribution in [0.5, 0.6) is 5.75 Å². The number of likely N-dealkylation sites (tertiary alicyclic amines) is 1. The van der Waals surface area contributed by atoms with Gasteiger partial charge in [0.05, 0.1) is 10.5 Å². The molecule has 1 aromatic carbocycles. The third-order valence-electron chi connectivity index (χ3n) is 3.78. The molecule has 0 radical (unpaired) electrons. The second kappa shape index (κ2) is 6.53. The lowest BCUT2D eigenvalue weighted by atomic mass is 10.1. The minimum atomic E-state index is -0.709. The Kier molecular flexibility index (Phi) is 4.74. The fourth-order valence-electron chi connectivity index (χ4n) is 2.51. The zero-order valence-electron chi connectivity index (χ0n) is 11.9. The molecule has 1 aromatic rings. The summed E-state index contributed by atoms with van der Waals surface area (Å²) in [5.74, 6) is -1.09. The number of nitrogens with zero attached hydrogens (tertiary/aromatic N) is 2. The number of para-hydroxylation sites is 1. The number of nitro benzene ring substituents is 1. The van der Waals surface area contributed by atoms with Gasteiger partial charge < -0.3 is 10.4 Å². The summed E-state index contributed by atoms with van der Waals surface area (Å²) in [5, 5.41) is 23.3. The van der Waals surface area contributed by atoms with Crippen molar-refractivity contribution in [1.82, 2.24) is 10.2 Å². The van der Waals surface area contributed by atoms with Crippen molar-refractivity contribution >= 4 is 11.6 Å². The molecular formula is C14H19N3O4. The van der Waals surface area contributed by atoms with Gasteiger partial charge in [-0.05, 0) is 38.9 Å². The molecule has 0 aromatic heterocycles. The first kappa shape index (κ1) is 15.2. The van der Waals surface area contributed by atoms with Gasteiger partial charge in [0, 0.05) is 18.7 Å². The predicted molar refractivity (Wildman–Crippen MR) is 77.4 cm³/mol. The number of hydrogen-bond acceptors (Lipinski definition) is 5. The zero-order chi connectivity index (χ0) is 15.4. The molecule has 1 unspecified atom stereocenters. The van der Waals surface area contributed by atoms with E-state index in [0.717, 1.165) is 13.1 Å². The van der Waals surface area contributed by atoms with E-state index in [2.05, 4.69) is 10.2 Å². The van der Waals surface area contributed by atoms with Gasteiger partial charge in [0.25, 0.3) is 5.91 Å². The lowest BCUT2D eigenvalue weighted by molar-refractivity contribution is -0.385. The Bertz CT molecular complexity index is 541. The van der Waals surface area contributed by atoms with Gasteiger partial charge in [0.15, 0.2) is 0 Å². The number of aromatic hydroxyl groups is 1. The van der Waals surface area contributed by atoms with Gasteiger partial charge in [-0.15, -0.1) is 0 Å². The zero-order valence-corrected chi connectivity index (χ0v) is 11.9. The maximum atomic E-state index is 12.0. The lowest BCUT2D eigenvalue weighted by Gasteiger charge is -2.23. The molecule has 2 rings (SSSR count). The molecule has 1 aliphatic heterocycles. The highest BCUT2D eigenvalue weighted by atomic mass is 16.6. The van der Waals surface area contributed by atoms with E-state index in [-0.39, 0.29) is 11.6 Å². The summed E-state index contributed by atoms with van der Waals surface area (Å²) in [4.78, 5) is 24.4. The van der Waals surface area contributed by atoms with Crippen molar-refractivity contribution in [3.05, 3.63) is 33.9 Å².